The van der Waals surface area contributed by atoms with E-state index >= 15 is 0 Å². The van der Waals surface area contributed by atoms with Crippen molar-refractivity contribution in [2.24, 2.45) is 0 Å². The van der Waals surface area contributed by atoms with E-state index in [-0.39, 0.29) is 35.9 Å². The highest BCUT2D eigenvalue weighted by Crippen LogP contribution is 2.48. The summed E-state index contributed by atoms with van der Waals surface area (Å²) in [5.41, 5.74) is 0.589. The molecule has 4 atom stereocenters. The molecule has 3 aliphatic rings. The van der Waals surface area contributed by atoms with Gasteiger partial charge in [0.2, 0.25) is 0 Å². The third kappa shape index (κ3) is 3.01. The smallest absolute Gasteiger partial charge is 0.257 e. The summed E-state index contributed by atoms with van der Waals surface area (Å²) in [7, 11) is 0. The summed E-state index contributed by atoms with van der Waals surface area (Å²) in [6.45, 7) is 2.46. The summed E-state index contributed by atoms with van der Waals surface area (Å²) in [6.07, 6.45) is 2.21. The Kier molecular flexibility index (Phi) is 4.62. The van der Waals surface area contributed by atoms with Crippen LogP contribution in [-0.2, 0) is 9.53 Å². The highest BCUT2D eigenvalue weighted by molar-refractivity contribution is 5.95. The van der Waals surface area contributed by atoms with Gasteiger partial charge in [-0.3, -0.25) is 9.59 Å². The molecule has 2 aromatic carbocycles. The van der Waals surface area contributed by atoms with E-state index < -0.39 is 5.60 Å². The average Bonchev–Trinajstić information content (AvgIpc) is 3.26. The van der Waals surface area contributed by atoms with Crippen molar-refractivity contribution >= 4 is 11.8 Å². The summed E-state index contributed by atoms with van der Waals surface area (Å²) >= 11 is 0. The fourth-order valence-electron chi connectivity index (χ4n) is 5.32. The monoisotopic (exact) mass is 408 g/mol. The largest absolute Gasteiger partial charge is 0.342 e. The molecular weight excluding hydrogens is 383 g/mol. The van der Waals surface area contributed by atoms with E-state index in [1.54, 1.807) is 6.07 Å². The minimum Gasteiger partial charge on any atom is -0.342 e. The first-order valence-electron chi connectivity index (χ1n) is 10.6. The number of piperidine rings is 1. The van der Waals surface area contributed by atoms with Crippen LogP contribution in [0.15, 0.2) is 54.6 Å². The summed E-state index contributed by atoms with van der Waals surface area (Å²) in [5, 5.41) is 0. The van der Waals surface area contributed by atoms with E-state index in [0.29, 0.717) is 24.9 Å². The van der Waals surface area contributed by atoms with E-state index in [0.717, 1.165) is 18.4 Å². The zero-order valence-electron chi connectivity index (χ0n) is 17.0. The number of amides is 2. The number of halogens is 1. The van der Waals surface area contributed by atoms with Crippen LogP contribution in [-0.4, -0.2) is 46.0 Å². The Labute approximate surface area is 175 Å². The van der Waals surface area contributed by atoms with Crippen LogP contribution in [0.2, 0.25) is 0 Å². The van der Waals surface area contributed by atoms with Gasteiger partial charge < -0.3 is 14.5 Å². The average molecular weight is 408 g/mol. The molecule has 2 amide bonds. The Bertz CT molecular complexity index is 981. The van der Waals surface area contributed by atoms with Gasteiger partial charge in [-0.05, 0) is 49.6 Å². The van der Waals surface area contributed by atoms with E-state index in [1.165, 1.54) is 12.1 Å². The van der Waals surface area contributed by atoms with Gasteiger partial charge in [-0.1, -0.05) is 30.3 Å². The third-order valence-electron chi connectivity index (χ3n) is 6.75. The summed E-state index contributed by atoms with van der Waals surface area (Å²) in [4.78, 5) is 30.1. The summed E-state index contributed by atoms with van der Waals surface area (Å²) in [5.74, 6) is -0.320. The van der Waals surface area contributed by atoms with Gasteiger partial charge >= 0.3 is 0 Å². The van der Waals surface area contributed by atoms with Gasteiger partial charge in [-0.25, -0.2) is 4.39 Å². The zero-order valence-corrected chi connectivity index (χ0v) is 17.0. The number of fused-ring (bicyclic) bond motifs is 1. The number of hydrogen-bond acceptors (Lipinski definition) is 3. The SMILES string of the molecule is CC1CC2(CCN1C(=O)c1ccccc1)O[C@@H]1CC[C@@H](c3cccc(F)c3)N1C2=O. The minimum atomic E-state index is -0.885. The van der Waals surface area contributed by atoms with Crippen LogP contribution in [0.5, 0.6) is 0 Å². The molecule has 6 heteroatoms. The molecule has 156 valence electrons. The lowest BCUT2D eigenvalue weighted by molar-refractivity contribution is -0.144. The molecule has 3 fully saturated rings. The van der Waals surface area contributed by atoms with Crippen molar-refractivity contribution < 1.29 is 18.7 Å². The molecule has 0 bridgehead atoms. The van der Waals surface area contributed by atoms with Crippen LogP contribution >= 0.6 is 0 Å². The molecule has 0 aliphatic carbocycles. The van der Waals surface area contributed by atoms with E-state index in [1.807, 2.05) is 53.1 Å². The van der Waals surface area contributed by atoms with Crippen LogP contribution < -0.4 is 0 Å². The van der Waals surface area contributed by atoms with Gasteiger partial charge in [0.1, 0.15) is 12.0 Å². The van der Waals surface area contributed by atoms with Crippen molar-refractivity contribution in [3.63, 3.8) is 0 Å². The Morgan fingerprint density at radius 2 is 1.93 bits per heavy atom. The molecule has 0 N–H and O–H groups in total. The molecule has 2 aromatic rings. The van der Waals surface area contributed by atoms with E-state index in [9.17, 15) is 14.0 Å². The van der Waals surface area contributed by atoms with Gasteiger partial charge in [-0.2, -0.15) is 0 Å². The predicted octanol–water partition coefficient (Wildman–Crippen LogP) is 3.91. The van der Waals surface area contributed by atoms with E-state index in [2.05, 4.69) is 0 Å². The van der Waals surface area contributed by atoms with Crippen molar-refractivity contribution in [3.8, 4) is 0 Å². The van der Waals surface area contributed by atoms with Crippen molar-refractivity contribution in [2.45, 2.75) is 56.5 Å². The number of hydrogen-bond donors (Lipinski definition) is 0. The number of ether oxygens (including phenoxy) is 1. The van der Waals surface area contributed by atoms with Crippen LogP contribution in [0.1, 0.15) is 54.6 Å². The first kappa shape index (κ1) is 19.2. The second-order valence-corrected chi connectivity index (χ2v) is 8.60. The van der Waals surface area contributed by atoms with Crippen molar-refractivity contribution in [3.05, 3.63) is 71.5 Å². The Balaban J connectivity index is 1.35. The number of carbonyl (C=O) groups excluding carboxylic acids is 2. The number of carbonyl (C=O) groups is 2. The summed E-state index contributed by atoms with van der Waals surface area (Å²) in [6, 6.07) is 15.5. The molecule has 5 nitrogen and oxygen atoms in total. The highest BCUT2D eigenvalue weighted by Gasteiger charge is 2.59. The highest BCUT2D eigenvalue weighted by atomic mass is 19.1. The molecule has 5 rings (SSSR count). The maximum Gasteiger partial charge on any atom is 0.257 e. The van der Waals surface area contributed by atoms with Crippen LogP contribution in [0.4, 0.5) is 4.39 Å². The predicted molar refractivity (Wildman–Crippen MR) is 109 cm³/mol. The molecule has 2 unspecified atom stereocenters. The zero-order chi connectivity index (χ0) is 20.9. The molecule has 3 saturated heterocycles. The number of likely N-dealkylation sites (tertiary alicyclic amines) is 1. The van der Waals surface area contributed by atoms with Crippen LogP contribution in [0.25, 0.3) is 0 Å². The lowest BCUT2D eigenvalue weighted by Crippen LogP contribution is -2.55. The normalized spacial score (nSPS) is 30.7. The second kappa shape index (κ2) is 7.20. The fourth-order valence-corrected chi connectivity index (χ4v) is 5.32. The standard InChI is InChI=1S/C24H25FN2O3/c1-16-15-24(12-13-26(16)22(28)17-6-3-2-4-7-17)23(29)27-20(10-11-21(27)30-24)18-8-5-9-19(25)14-18/h2-9,14,16,20-21H,10-13,15H2,1H3/t16?,20-,21+,24?/m0/s1. The maximum atomic E-state index is 13.7. The van der Waals surface area contributed by atoms with Crippen LogP contribution in [0.3, 0.4) is 0 Å². The van der Waals surface area contributed by atoms with Crippen LogP contribution in [0, 0.1) is 5.82 Å². The quantitative estimate of drug-likeness (QED) is 0.757. The number of benzene rings is 2. The fraction of sp³-hybridized carbons (Fsp3) is 0.417. The van der Waals surface area contributed by atoms with E-state index in [4.69, 9.17) is 4.74 Å². The maximum absolute atomic E-state index is 13.7. The molecule has 0 saturated carbocycles. The lowest BCUT2D eigenvalue weighted by Gasteiger charge is -2.42. The molecular formula is C24H25FN2O3. The topological polar surface area (TPSA) is 49.9 Å². The van der Waals surface area contributed by atoms with Crippen molar-refractivity contribution in [1.82, 2.24) is 9.80 Å². The second-order valence-electron chi connectivity index (χ2n) is 8.60. The molecule has 0 aromatic heterocycles. The van der Waals surface area contributed by atoms with Gasteiger partial charge in [0.25, 0.3) is 11.8 Å². The van der Waals surface area contributed by atoms with Crippen molar-refractivity contribution in [2.75, 3.05) is 6.54 Å². The van der Waals surface area contributed by atoms with Gasteiger partial charge in [0, 0.05) is 31.0 Å². The first-order chi connectivity index (χ1) is 14.5. The molecule has 3 aliphatic heterocycles. The molecule has 1 spiro atoms. The molecule has 0 radical (unpaired) electrons. The Morgan fingerprint density at radius 1 is 1.13 bits per heavy atom. The van der Waals surface area contributed by atoms with Gasteiger partial charge in [-0.15, -0.1) is 0 Å². The Morgan fingerprint density at radius 3 is 2.67 bits per heavy atom. The summed E-state index contributed by atoms with van der Waals surface area (Å²) < 4.78 is 20.1. The molecule has 3 heterocycles. The lowest BCUT2D eigenvalue weighted by atomic mass is 9.85. The van der Waals surface area contributed by atoms with Crippen molar-refractivity contribution in [1.29, 1.82) is 0 Å². The molecule has 30 heavy (non-hydrogen) atoms. The van der Waals surface area contributed by atoms with Gasteiger partial charge in [0.05, 0.1) is 6.04 Å². The Hall–Kier alpha value is -2.73. The third-order valence-corrected chi connectivity index (χ3v) is 6.75. The number of nitrogens with zero attached hydrogens (tertiary/aromatic N) is 2. The minimum absolute atomic E-state index is 0.0125. The van der Waals surface area contributed by atoms with Gasteiger partial charge in [0.15, 0.2) is 5.60 Å². The number of rotatable bonds is 2. The first-order valence-corrected chi connectivity index (χ1v) is 10.6.